The molecule has 0 radical (unpaired) electrons. The summed E-state index contributed by atoms with van der Waals surface area (Å²) >= 11 is 0. The number of unbranched alkanes of at least 4 members (excludes halogenated alkanes) is 16. The number of carbonyl (C=O) groups excluding carboxylic acids is 3. The van der Waals surface area contributed by atoms with Crippen molar-refractivity contribution in [3.05, 3.63) is 109 Å². The van der Waals surface area contributed by atoms with Gasteiger partial charge in [-0.2, -0.15) is 0 Å². The van der Waals surface area contributed by atoms with Gasteiger partial charge in [0.25, 0.3) is 0 Å². The highest BCUT2D eigenvalue weighted by Gasteiger charge is 2.19. The number of hydrogen-bond donors (Lipinski definition) is 0. The molecule has 0 spiro atoms. The Labute approximate surface area is 393 Å². The van der Waals surface area contributed by atoms with Crippen LogP contribution in [0.5, 0.6) is 0 Å². The third-order valence-corrected chi connectivity index (χ3v) is 10.5. The fourth-order valence-corrected chi connectivity index (χ4v) is 6.66. The van der Waals surface area contributed by atoms with Gasteiger partial charge in [-0.25, -0.2) is 0 Å². The lowest BCUT2D eigenvalue weighted by Gasteiger charge is -2.18. The van der Waals surface area contributed by atoms with Crippen molar-refractivity contribution in [1.82, 2.24) is 0 Å². The van der Waals surface area contributed by atoms with Crippen molar-refractivity contribution >= 4 is 17.9 Å². The average Bonchev–Trinajstić information content (AvgIpc) is 3.29. The van der Waals surface area contributed by atoms with E-state index in [-0.39, 0.29) is 37.5 Å². The maximum Gasteiger partial charge on any atom is 0.306 e. The van der Waals surface area contributed by atoms with Crippen molar-refractivity contribution in [1.29, 1.82) is 0 Å². The standard InChI is InChI=1S/C58H94O6/c1-4-7-10-13-16-19-22-25-27-29-31-33-36-39-42-45-48-51-57(60)63-54-55(53-62-56(59)50-47-44-41-38-35-32-24-21-18-15-12-9-6-3)64-58(61)52-49-46-43-40-37-34-30-28-26-23-20-17-14-11-8-5-2/h7,9-10,12,16,18-19,21,25,27-28,30-33,35,39,42,55H,4-6,8,11,13-15,17,20,22-24,26,29,34,36-38,40-41,43-54H2,1-3H3/b10-7-,12-9-,19-16-,21-18-,27-25-,30-28-,33-31-,35-32-,42-39-. The van der Waals surface area contributed by atoms with Crippen LogP contribution in [0.1, 0.15) is 220 Å². The molecule has 1 unspecified atom stereocenters. The molecular formula is C58H94O6. The Kier molecular flexibility index (Phi) is 48.5. The molecule has 0 aliphatic carbocycles. The molecular weight excluding hydrogens is 793 g/mol. The van der Waals surface area contributed by atoms with E-state index in [0.717, 1.165) is 116 Å². The average molecular weight is 887 g/mol. The normalized spacial score (nSPS) is 13.0. The Morgan fingerprint density at radius 3 is 1.05 bits per heavy atom. The van der Waals surface area contributed by atoms with Crippen molar-refractivity contribution in [2.45, 2.75) is 226 Å². The van der Waals surface area contributed by atoms with Gasteiger partial charge in [-0.1, -0.05) is 194 Å². The molecule has 1 atom stereocenters. The van der Waals surface area contributed by atoms with Crippen molar-refractivity contribution in [3.63, 3.8) is 0 Å². The van der Waals surface area contributed by atoms with Crippen LogP contribution in [0.4, 0.5) is 0 Å². The lowest BCUT2D eigenvalue weighted by atomic mass is 10.1. The molecule has 6 heteroatoms. The van der Waals surface area contributed by atoms with Gasteiger partial charge in [-0.3, -0.25) is 14.4 Å². The fraction of sp³-hybridized carbons (Fsp3) is 0.638. The summed E-state index contributed by atoms with van der Waals surface area (Å²) in [4.78, 5) is 38.0. The number of ether oxygens (including phenoxy) is 3. The minimum Gasteiger partial charge on any atom is -0.462 e. The molecule has 0 amide bonds. The van der Waals surface area contributed by atoms with Crippen LogP contribution in [0.25, 0.3) is 0 Å². The first kappa shape index (κ1) is 60.1. The molecule has 6 nitrogen and oxygen atoms in total. The van der Waals surface area contributed by atoms with Gasteiger partial charge in [-0.15, -0.1) is 0 Å². The summed E-state index contributed by atoms with van der Waals surface area (Å²) in [7, 11) is 0. The number of carbonyl (C=O) groups is 3. The van der Waals surface area contributed by atoms with Gasteiger partial charge in [-0.05, 0) is 116 Å². The fourth-order valence-electron chi connectivity index (χ4n) is 6.66. The second kappa shape index (κ2) is 51.7. The van der Waals surface area contributed by atoms with Gasteiger partial charge < -0.3 is 14.2 Å². The van der Waals surface area contributed by atoms with E-state index in [2.05, 4.69) is 130 Å². The van der Waals surface area contributed by atoms with Gasteiger partial charge in [0.15, 0.2) is 6.10 Å². The smallest absolute Gasteiger partial charge is 0.306 e. The summed E-state index contributed by atoms with van der Waals surface area (Å²) in [5, 5.41) is 0. The first-order valence-corrected chi connectivity index (χ1v) is 25.9. The molecule has 0 saturated heterocycles. The van der Waals surface area contributed by atoms with Gasteiger partial charge in [0.1, 0.15) is 13.2 Å². The second-order valence-electron chi connectivity index (χ2n) is 16.7. The molecule has 0 bridgehead atoms. The predicted molar refractivity (Wildman–Crippen MR) is 274 cm³/mol. The molecule has 0 aromatic heterocycles. The highest BCUT2D eigenvalue weighted by Crippen LogP contribution is 2.13. The third kappa shape index (κ3) is 49.1. The van der Waals surface area contributed by atoms with E-state index >= 15 is 0 Å². The summed E-state index contributed by atoms with van der Waals surface area (Å²) < 4.78 is 16.7. The van der Waals surface area contributed by atoms with Crippen LogP contribution in [0.15, 0.2) is 109 Å². The lowest BCUT2D eigenvalue weighted by Crippen LogP contribution is -2.30. The summed E-state index contributed by atoms with van der Waals surface area (Å²) in [6.45, 7) is 6.31. The summed E-state index contributed by atoms with van der Waals surface area (Å²) in [5.74, 6) is -1.02. The highest BCUT2D eigenvalue weighted by molar-refractivity contribution is 5.71. The van der Waals surface area contributed by atoms with E-state index in [0.29, 0.717) is 19.3 Å². The molecule has 0 fully saturated rings. The summed E-state index contributed by atoms with van der Waals surface area (Å²) in [5.41, 5.74) is 0. The zero-order chi connectivity index (χ0) is 46.5. The maximum absolute atomic E-state index is 12.8. The SMILES string of the molecule is CC/C=C\C/C=C\C/C=C\C/C=C\C/C=C\CCCC(=O)OCC(COC(=O)CCCCC/C=C\C/C=C\C/C=C\CC)OC(=O)CCCCCCC/C=C\CCCCCCCCC. The summed E-state index contributed by atoms with van der Waals surface area (Å²) in [6.07, 6.45) is 69.4. The molecule has 0 aromatic carbocycles. The van der Waals surface area contributed by atoms with Crippen molar-refractivity contribution in [3.8, 4) is 0 Å². The minimum absolute atomic E-state index is 0.116. The van der Waals surface area contributed by atoms with Crippen LogP contribution in [0, 0.1) is 0 Å². The Hall–Kier alpha value is -3.93. The van der Waals surface area contributed by atoms with E-state index in [9.17, 15) is 14.4 Å². The number of allylic oxidation sites excluding steroid dienone is 18. The van der Waals surface area contributed by atoms with Crippen LogP contribution in [0.2, 0.25) is 0 Å². The second-order valence-corrected chi connectivity index (χ2v) is 16.7. The molecule has 0 saturated carbocycles. The largest absolute Gasteiger partial charge is 0.462 e. The quantitative estimate of drug-likeness (QED) is 0.0262. The molecule has 0 rings (SSSR count). The first-order valence-electron chi connectivity index (χ1n) is 25.9. The van der Waals surface area contributed by atoms with Gasteiger partial charge in [0.2, 0.25) is 0 Å². The third-order valence-electron chi connectivity index (χ3n) is 10.5. The Morgan fingerprint density at radius 2 is 0.625 bits per heavy atom. The van der Waals surface area contributed by atoms with Gasteiger partial charge in [0, 0.05) is 19.3 Å². The van der Waals surface area contributed by atoms with Crippen LogP contribution in [-0.2, 0) is 28.6 Å². The minimum atomic E-state index is -0.818. The molecule has 64 heavy (non-hydrogen) atoms. The Morgan fingerprint density at radius 1 is 0.328 bits per heavy atom. The summed E-state index contributed by atoms with van der Waals surface area (Å²) in [6, 6.07) is 0. The molecule has 0 N–H and O–H groups in total. The van der Waals surface area contributed by atoms with E-state index in [1.54, 1.807) is 0 Å². The Balaban J connectivity index is 4.54. The van der Waals surface area contributed by atoms with Gasteiger partial charge in [0.05, 0.1) is 0 Å². The molecule has 0 heterocycles. The maximum atomic E-state index is 12.8. The predicted octanol–water partition coefficient (Wildman–Crippen LogP) is 17.1. The van der Waals surface area contributed by atoms with Crippen molar-refractivity contribution in [2.24, 2.45) is 0 Å². The van der Waals surface area contributed by atoms with Crippen LogP contribution in [-0.4, -0.2) is 37.2 Å². The van der Waals surface area contributed by atoms with Crippen molar-refractivity contribution in [2.75, 3.05) is 13.2 Å². The van der Waals surface area contributed by atoms with E-state index in [1.165, 1.54) is 57.8 Å². The highest BCUT2D eigenvalue weighted by atomic mass is 16.6. The van der Waals surface area contributed by atoms with Crippen LogP contribution < -0.4 is 0 Å². The molecule has 0 aliphatic rings. The zero-order valence-electron chi connectivity index (χ0n) is 41.3. The molecule has 0 aromatic rings. The first-order chi connectivity index (χ1) is 31.5. The van der Waals surface area contributed by atoms with Crippen LogP contribution >= 0.6 is 0 Å². The van der Waals surface area contributed by atoms with Gasteiger partial charge >= 0.3 is 17.9 Å². The monoisotopic (exact) mass is 887 g/mol. The van der Waals surface area contributed by atoms with E-state index in [4.69, 9.17) is 14.2 Å². The van der Waals surface area contributed by atoms with E-state index in [1.807, 2.05) is 0 Å². The number of hydrogen-bond acceptors (Lipinski definition) is 6. The number of esters is 3. The lowest BCUT2D eigenvalue weighted by molar-refractivity contribution is -0.167. The topological polar surface area (TPSA) is 78.9 Å². The number of rotatable bonds is 45. The Bertz CT molecular complexity index is 1340. The van der Waals surface area contributed by atoms with Crippen LogP contribution in [0.3, 0.4) is 0 Å². The van der Waals surface area contributed by atoms with Crippen molar-refractivity contribution < 1.29 is 28.6 Å². The molecule has 0 aliphatic heterocycles. The molecule has 362 valence electrons. The van der Waals surface area contributed by atoms with E-state index < -0.39 is 6.10 Å². The zero-order valence-corrected chi connectivity index (χ0v) is 41.3.